The highest BCUT2D eigenvalue weighted by Gasteiger charge is 2.47. The maximum Gasteiger partial charge on any atom is 0.416 e. The predicted octanol–water partition coefficient (Wildman–Crippen LogP) is 4.00. The van der Waals surface area contributed by atoms with Gasteiger partial charge in [-0.15, -0.1) is 0 Å². The van der Waals surface area contributed by atoms with E-state index in [0.717, 1.165) is 12.1 Å². The number of carbonyl (C=O) groups excluding carboxylic acids is 1. The summed E-state index contributed by atoms with van der Waals surface area (Å²) in [5, 5.41) is 6.47. The second-order valence-electron chi connectivity index (χ2n) is 6.08. The van der Waals surface area contributed by atoms with Crippen molar-refractivity contribution in [2.75, 3.05) is 5.32 Å². The van der Waals surface area contributed by atoms with Gasteiger partial charge >= 0.3 is 6.18 Å². The molecule has 4 rings (SSSR count). The summed E-state index contributed by atoms with van der Waals surface area (Å²) in [4.78, 5) is 16.6. The summed E-state index contributed by atoms with van der Waals surface area (Å²) in [6, 6.07) is 11.2. The van der Waals surface area contributed by atoms with Crippen molar-refractivity contribution in [1.82, 2.24) is 10.1 Å². The van der Waals surface area contributed by atoms with E-state index in [0.29, 0.717) is 17.0 Å². The molecule has 1 aliphatic heterocycles. The minimum atomic E-state index is -4.43. The van der Waals surface area contributed by atoms with Crippen LogP contribution in [0.4, 0.5) is 18.9 Å². The zero-order chi connectivity index (χ0) is 19.2. The molecular formula is C18H12F3N3O3. The van der Waals surface area contributed by atoms with Crippen LogP contribution in [0.5, 0.6) is 5.75 Å². The van der Waals surface area contributed by atoms with Gasteiger partial charge in [0.25, 0.3) is 17.4 Å². The van der Waals surface area contributed by atoms with Crippen molar-refractivity contribution < 1.29 is 27.2 Å². The first-order valence-electron chi connectivity index (χ1n) is 7.89. The van der Waals surface area contributed by atoms with Crippen molar-refractivity contribution in [3.05, 3.63) is 60.0 Å². The van der Waals surface area contributed by atoms with Gasteiger partial charge in [0, 0.05) is 5.56 Å². The number of nitrogens with zero attached hydrogens (tertiary/aromatic N) is 2. The van der Waals surface area contributed by atoms with Gasteiger partial charge in [0.05, 0.1) is 11.3 Å². The number of nitrogens with one attached hydrogen (secondary N) is 1. The first-order chi connectivity index (χ1) is 12.8. The fourth-order valence-corrected chi connectivity index (χ4v) is 2.65. The summed E-state index contributed by atoms with van der Waals surface area (Å²) in [5.41, 5.74) is -1.51. The third-order valence-electron chi connectivity index (χ3n) is 4.19. The van der Waals surface area contributed by atoms with Crippen LogP contribution in [0.15, 0.2) is 53.1 Å². The van der Waals surface area contributed by atoms with E-state index in [1.165, 1.54) is 19.1 Å². The van der Waals surface area contributed by atoms with Crippen LogP contribution in [-0.2, 0) is 16.6 Å². The number of ether oxygens (including phenoxy) is 1. The van der Waals surface area contributed by atoms with E-state index >= 15 is 0 Å². The Kier molecular flexibility index (Phi) is 3.69. The van der Waals surface area contributed by atoms with Crippen molar-refractivity contribution in [3.8, 4) is 17.1 Å². The number of aromatic nitrogens is 2. The van der Waals surface area contributed by atoms with E-state index in [2.05, 4.69) is 15.5 Å². The third kappa shape index (κ3) is 2.90. The van der Waals surface area contributed by atoms with E-state index < -0.39 is 23.2 Å². The number of carbonyl (C=O) groups is 1. The van der Waals surface area contributed by atoms with Gasteiger partial charge in [-0.25, -0.2) is 0 Å². The van der Waals surface area contributed by atoms with Crippen LogP contribution >= 0.6 is 0 Å². The zero-order valence-electron chi connectivity index (χ0n) is 13.9. The minimum absolute atomic E-state index is 0.0511. The lowest BCUT2D eigenvalue weighted by atomic mass is 10.0. The summed E-state index contributed by atoms with van der Waals surface area (Å²) in [6.45, 7) is 1.47. The van der Waals surface area contributed by atoms with Crippen molar-refractivity contribution >= 4 is 11.6 Å². The van der Waals surface area contributed by atoms with Gasteiger partial charge in [-0.1, -0.05) is 29.4 Å². The molecule has 9 heteroatoms. The number of fused-ring (bicyclic) bond motifs is 1. The molecule has 27 heavy (non-hydrogen) atoms. The first kappa shape index (κ1) is 17.1. The van der Waals surface area contributed by atoms with E-state index in [1.807, 2.05) is 0 Å². The molecular weight excluding hydrogens is 363 g/mol. The number of hydrogen-bond acceptors (Lipinski definition) is 5. The molecule has 0 saturated heterocycles. The third-order valence-corrected chi connectivity index (χ3v) is 4.19. The monoisotopic (exact) mass is 375 g/mol. The highest BCUT2D eigenvalue weighted by Crippen LogP contribution is 2.38. The van der Waals surface area contributed by atoms with Gasteiger partial charge < -0.3 is 14.6 Å². The maximum atomic E-state index is 12.7. The average molecular weight is 375 g/mol. The summed E-state index contributed by atoms with van der Waals surface area (Å²) in [6.07, 6.45) is -4.43. The average Bonchev–Trinajstić information content (AvgIpc) is 3.13. The van der Waals surface area contributed by atoms with E-state index in [9.17, 15) is 18.0 Å². The lowest BCUT2D eigenvalue weighted by Crippen LogP contribution is -2.46. The molecule has 1 amide bonds. The number of para-hydroxylation sites is 2. The molecule has 0 radical (unpaired) electrons. The van der Waals surface area contributed by atoms with Crippen molar-refractivity contribution in [2.45, 2.75) is 18.7 Å². The van der Waals surface area contributed by atoms with E-state index in [1.54, 1.807) is 24.3 Å². The second-order valence-corrected chi connectivity index (χ2v) is 6.08. The summed E-state index contributed by atoms with van der Waals surface area (Å²) >= 11 is 0. The number of benzene rings is 2. The van der Waals surface area contributed by atoms with Crippen LogP contribution in [-0.4, -0.2) is 16.0 Å². The number of halogens is 3. The molecule has 0 fully saturated rings. The van der Waals surface area contributed by atoms with Crippen molar-refractivity contribution in [2.24, 2.45) is 0 Å². The van der Waals surface area contributed by atoms with Gasteiger partial charge in [0.1, 0.15) is 5.75 Å². The van der Waals surface area contributed by atoms with Crippen LogP contribution in [0, 0.1) is 0 Å². The predicted molar refractivity (Wildman–Crippen MR) is 87.8 cm³/mol. The molecule has 1 aliphatic rings. The quantitative estimate of drug-likeness (QED) is 0.733. The molecule has 1 unspecified atom stereocenters. The smallest absolute Gasteiger partial charge is 0.416 e. The van der Waals surface area contributed by atoms with E-state index in [4.69, 9.17) is 9.26 Å². The zero-order valence-corrected chi connectivity index (χ0v) is 13.9. The van der Waals surface area contributed by atoms with Gasteiger partial charge in [-0.2, -0.15) is 18.2 Å². The molecule has 3 aromatic rings. The largest absolute Gasteiger partial charge is 0.466 e. The molecule has 2 heterocycles. The lowest BCUT2D eigenvalue weighted by Gasteiger charge is -2.31. The van der Waals surface area contributed by atoms with Crippen molar-refractivity contribution in [3.63, 3.8) is 0 Å². The fourth-order valence-electron chi connectivity index (χ4n) is 2.65. The lowest BCUT2D eigenvalue weighted by molar-refractivity contribution is -0.137. The summed E-state index contributed by atoms with van der Waals surface area (Å²) in [7, 11) is 0. The Morgan fingerprint density at radius 1 is 1.07 bits per heavy atom. The molecule has 0 aliphatic carbocycles. The highest BCUT2D eigenvalue weighted by atomic mass is 19.4. The van der Waals surface area contributed by atoms with E-state index in [-0.39, 0.29) is 11.7 Å². The highest BCUT2D eigenvalue weighted by molar-refractivity contribution is 6.00. The SMILES string of the molecule is CC1(c2nc(-c3ccc(C(F)(F)F)cc3)no2)Oc2ccccc2NC1=O. The Labute approximate surface area is 151 Å². The Bertz CT molecular complexity index is 1010. The molecule has 138 valence electrons. The Balaban J connectivity index is 1.65. The first-order valence-corrected chi connectivity index (χ1v) is 7.89. The maximum absolute atomic E-state index is 12.7. The van der Waals surface area contributed by atoms with Crippen LogP contribution < -0.4 is 10.1 Å². The number of rotatable bonds is 2. The van der Waals surface area contributed by atoms with Crippen LogP contribution in [0.25, 0.3) is 11.4 Å². The number of hydrogen-bond donors (Lipinski definition) is 1. The standard InChI is InChI=1S/C18H12F3N3O3/c1-17(15(25)22-12-4-2-3-5-13(12)26-17)16-23-14(24-27-16)10-6-8-11(9-7-10)18(19,20)21/h2-9H,1H3,(H,22,25). The topological polar surface area (TPSA) is 77.2 Å². The number of alkyl halides is 3. The Morgan fingerprint density at radius 3 is 2.48 bits per heavy atom. The van der Waals surface area contributed by atoms with Crippen LogP contribution in [0.3, 0.4) is 0 Å². The molecule has 2 aromatic carbocycles. The fraction of sp³-hybridized carbons (Fsp3) is 0.167. The summed E-state index contributed by atoms with van der Waals surface area (Å²) in [5.74, 6) is -0.114. The van der Waals surface area contributed by atoms with Crippen molar-refractivity contribution in [1.29, 1.82) is 0 Å². The second kappa shape index (κ2) is 5.83. The molecule has 0 saturated carbocycles. The molecule has 1 N–H and O–H groups in total. The Hall–Kier alpha value is -3.36. The summed E-state index contributed by atoms with van der Waals surface area (Å²) < 4.78 is 49.0. The Morgan fingerprint density at radius 2 is 1.78 bits per heavy atom. The number of anilines is 1. The molecule has 1 atom stereocenters. The number of amides is 1. The van der Waals surface area contributed by atoms with Crippen LogP contribution in [0.2, 0.25) is 0 Å². The van der Waals surface area contributed by atoms with Gasteiger partial charge in [0.2, 0.25) is 5.82 Å². The minimum Gasteiger partial charge on any atom is -0.466 e. The van der Waals surface area contributed by atoms with Gasteiger partial charge in [-0.05, 0) is 31.2 Å². The van der Waals surface area contributed by atoms with Gasteiger partial charge in [0.15, 0.2) is 0 Å². The van der Waals surface area contributed by atoms with Gasteiger partial charge in [-0.3, -0.25) is 4.79 Å². The molecule has 1 aromatic heterocycles. The normalized spacial score (nSPS) is 19.2. The molecule has 6 nitrogen and oxygen atoms in total. The molecule has 0 bridgehead atoms. The van der Waals surface area contributed by atoms with Crippen LogP contribution in [0.1, 0.15) is 18.4 Å². The molecule has 0 spiro atoms.